The zero-order chi connectivity index (χ0) is 22.2. The summed E-state index contributed by atoms with van der Waals surface area (Å²) in [6.45, 7) is 0. The molecule has 0 saturated carbocycles. The Kier molecular flexibility index (Phi) is 4.49. The Bertz CT molecular complexity index is 1590. The van der Waals surface area contributed by atoms with Gasteiger partial charge in [-0.15, -0.1) is 0 Å². The van der Waals surface area contributed by atoms with Gasteiger partial charge in [0.2, 0.25) is 0 Å². The summed E-state index contributed by atoms with van der Waals surface area (Å²) in [4.78, 5) is 37.9. The smallest absolute Gasteiger partial charge is 0.278 e. The number of benzene rings is 2. The van der Waals surface area contributed by atoms with Crippen LogP contribution in [0, 0.1) is 11.3 Å². The summed E-state index contributed by atoms with van der Waals surface area (Å²) in [6.07, 6.45) is 6.53. The number of hydrogen-bond acceptors (Lipinski definition) is 5. The molecule has 1 N–H and O–H groups in total. The maximum Gasteiger partial charge on any atom is 0.278 e. The Balaban J connectivity index is 1.54. The maximum absolute atomic E-state index is 13.1. The third-order valence-corrected chi connectivity index (χ3v) is 5.37. The van der Waals surface area contributed by atoms with Gasteiger partial charge in [-0.25, -0.2) is 9.97 Å². The normalized spacial score (nSPS) is 10.9. The van der Waals surface area contributed by atoms with Gasteiger partial charge in [-0.3, -0.25) is 14.0 Å². The Morgan fingerprint density at radius 3 is 2.69 bits per heavy atom. The highest BCUT2D eigenvalue weighted by molar-refractivity contribution is 6.04. The van der Waals surface area contributed by atoms with Crippen LogP contribution in [0.3, 0.4) is 0 Å². The van der Waals surface area contributed by atoms with E-state index < -0.39 is 0 Å². The van der Waals surface area contributed by atoms with Gasteiger partial charge < -0.3 is 9.88 Å². The second-order valence-electron chi connectivity index (χ2n) is 7.28. The van der Waals surface area contributed by atoms with E-state index in [4.69, 9.17) is 5.26 Å². The fourth-order valence-electron chi connectivity index (χ4n) is 3.61. The van der Waals surface area contributed by atoms with E-state index in [0.29, 0.717) is 22.3 Å². The van der Waals surface area contributed by atoms with Crippen LogP contribution in [0.2, 0.25) is 0 Å². The molecule has 3 aromatic heterocycles. The standard InChI is InChI=1S/C24H16N6O2/c1-29(18-5-2-15(11-25)3-6-18)24(32)20-14-30-21(12-28-22(30)13-27-20)17-4-7-19-16(10-17)8-9-26-23(19)31/h2-10,12-14H,1H3,(H,26,31). The van der Waals surface area contributed by atoms with Crippen molar-refractivity contribution in [2.24, 2.45) is 0 Å². The SMILES string of the molecule is CN(C(=O)c1cn2c(-c3ccc4c(=O)[nH]ccc4c3)cnc2cn1)c1ccc(C#N)cc1. The molecule has 0 unspecified atom stereocenters. The fraction of sp³-hybridized carbons (Fsp3) is 0.0417. The average molecular weight is 420 g/mol. The number of rotatable bonds is 3. The van der Waals surface area contributed by atoms with Gasteiger partial charge in [0.05, 0.1) is 29.7 Å². The summed E-state index contributed by atoms with van der Waals surface area (Å²) in [7, 11) is 1.66. The summed E-state index contributed by atoms with van der Waals surface area (Å²) in [5, 5.41) is 10.4. The molecule has 2 aromatic carbocycles. The first-order valence-corrected chi connectivity index (χ1v) is 9.78. The molecule has 3 heterocycles. The van der Waals surface area contributed by atoms with Crippen molar-refractivity contribution in [3.05, 3.63) is 94.9 Å². The highest BCUT2D eigenvalue weighted by atomic mass is 16.2. The molecule has 0 aliphatic rings. The van der Waals surface area contributed by atoms with Crippen LogP contribution >= 0.6 is 0 Å². The molecule has 0 radical (unpaired) electrons. The minimum atomic E-state index is -0.290. The summed E-state index contributed by atoms with van der Waals surface area (Å²) in [5.41, 5.74) is 3.52. The number of hydrogen-bond donors (Lipinski definition) is 1. The number of nitrogens with zero attached hydrogens (tertiary/aromatic N) is 5. The molecule has 0 saturated heterocycles. The Morgan fingerprint density at radius 2 is 1.91 bits per heavy atom. The molecule has 0 spiro atoms. The van der Waals surface area contributed by atoms with Gasteiger partial charge >= 0.3 is 0 Å². The van der Waals surface area contributed by atoms with E-state index in [1.165, 1.54) is 4.90 Å². The van der Waals surface area contributed by atoms with Crippen molar-refractivity contribution in [1.29, 1.82) is 5.26 Å². The molecule has 8 nitrogen and oxygen atoms in total. The van der Waals surface area contributed by atoms with Gasteiger partial charge in [0, 0.05) is 36.1 Å². The topological polar surface area (TPSA) is 107 Å². The molecule has 5 aromatic rings. The van der Waals surface area contributed by atoms with Gasteiger partial charge in [0.15, 0.2) is 5.65 Å². The minimum Gasteiger partial charge on any atom is -0.329 e. The Morgan fingerprint density at radius 1 is 1.09 bits per heavy atom. The van der Waals surface area contributed by atoms with Gasteiger partial charge in [-0.1, -0.05) is 6.07 Å². The lowest BCUT2D eigenvalue weighted by molar-refractivity contribution is 0.0988. The second-order valence-corrected chi connectivity index (χ2v) is 7.28. The molecule has 1 amide bonds. The number of anilines is 1. The van der Waals surface area contributed by atoms with E-state index in [2.05, 4.69) is 21.0 Å². The zero-order valence-electron chi connectivity index (χ0n) is 17.0. The number of amides is 1. The maximum atomic E-state index is 13.1. The molecule has 5 rings (SSSR count). The van der Waals surface area contributed by atoms with E-state index in [1.54, 1.807) is 66.6 Å². The van der Waals surface area contributed by atoms with Gasteiger partial charge in [0.25, 0.3) is 11.5 Å². The molecule has 0 aliphatic heterocycles. The van der Waals surface area contributed by atoms with Crippen LogP contribution in [-0.4, -0.2) is 32.3 Å². The summed E-state index contributed by atoms with van der Waals surface area (Å²) < 4.78 is 1.81. The largest absolute Gasteiger partial charge is 0.329 e. The number of carbonyl (C=O) groups excluding carboxylic acids is 1. The predicted molar refractivity (Wildman–Crippen MR) is 120 cm³/mol. The third-order valence-electron chi connectivity index (χ3n) is 5.37. The molecule has 154 valence electrons. The van der Waals surface area contributed by atoms with Gasteiger partial charge in [-0.2, -0.15) is 5.26 Å². The number of aromatic nitrogens is 4. The molecular weight excluding hydrogens is 404 g/mol. The van der Waals surface area contributed by atoms with E-state index in [9.17, 15) is 9.59 Å². The van der Waals surface area contributed by atoms with Crippen LogP contribution in [0.1, 0.15) is 16.1 Å². The Labute approximate surface area is 182 Å². The predicted octanol–water partition coefficient (Wildman–Crippen LogP) is 3.39. The van der Waals surface area contributed by atoms with Crippen molar-refractivity contribution in [1.82, 2.24) is 19.4 Å². The number of aromatic amines is 1. The lowest BCUT2D eigenvalue weighted by Crippen LogP contribution is -2.27. The third kappa shape index (κ3) is 3.18. The summed E-state index contributed by atoms with van der Waals surface area (Å²) >= 11 is 0. The van der Waals surface area contributed by atoms with Crippen molar-refractivity contribution in [3.8, 4) is 17.3 Å². The average Bonchev–Trinajstić information content (AvgIpc) is 3.26. The van der Waals surface area contributed by atoms with Crippen LogP contribution in [0.5, 0.6) is 0 Å². The first-order chi connectivity index (χ1) is 15.5. The molecule has 0 bridgehead atoms. The first kappa shape index (κ1) is 19.2. The lowest BCUT2D eigenvalue weighted by Gasteiger charge is -2.17. The molecule has 0 atom stereocenters. The van der Waals surface area contributed by atoms with E-state index in [0.717, 1.165) is 16.6 Å². The fourth-order valence-corrected chi connectivity index (χ4v) is 3.61. The first-order valence-electron chi connectivity index (χ1n) is 9.78. The number of fused-ring (bicyclic) bond motifs is 2. The highest BCUT2D eigenvalue weighted by Crippen LogP contribution is 2.24. The van der Waals surface area contributed by atoms with Crippen molar-refractivity contribution >= 4 is 28.0 Å². The number of nitrogens with one attached hydrogen (secondary N) is 1. The van der Waals surface area contributed by atoms with Crippen molar-refractivity contribution in [2.75, 3.05) is 11.9 Å². The molecule has 8 heteroatoms. The monoisotopic (exact) mass is 420 g/mol. The van der Waals surface area contributed by atoms with Crippen LogP contribution in [0.15, 0.2) is 78.1 Å². The number of carbonyl (C=O) groups is 1. The quantitative estimate of drug-likeness (QED) is 0.481. The molecular formula is C24H16N6O2. The van der Waals surface area contributed by atoms with Crippen LogP contribution in [0.4, 0.5) is 5.69 Å². The van der Waals surface area contributed by atoms with Crippen molar-refractivity contribution in [2.45, 2.75) is 0 Å². The minimum absolute atomic E-state index is 0.143. The van der Waals surface area contributed by atoms with E-state index in [-0.39, 0.29) is 17.2 Å². The van der Waals surface area contributed by atoms with Crippen molar-refractivity contribution < 1.29 is 4.79 Å². The highest BCUT2D eigenvalue weighted by Gasteiger charge is 2.17. The van der Waals surface area contributed by atoms with Crippen molar-refractivity contribution in [3.63, 3.8) is 0 Å². The van der Waals surface area contributed by atoms with E-state index >= 15 is 0 Å². The molecule has 0 aliphatic carbocycles. The molecule has 32 heavy (non-hydrogen) atoms. The van der Waals surface area contributed by atoms with Crippen LogP contribution in [-0.2, 0) is 0 Å². The lowest BCUT2D eigenvalue weighted by atomic mass is 10.1. The van der Waals surface area contributed by atoms with E-state index in [1.807, 2.05) is 18.2 Å². The summed E-state index contributed by atoms with van der Waals surface area (Å²) in [6, 6.07) is 16.2. The summed E-state index contributed by atoms with van der Waals surface area (Å²) in [5.74, 6) is -0.290. The number of nitriles is 1. The Hall–Kier alpha value is -4.77. The molecule has 0 fully saturated rings. The van der Waals surface area contributed by atoms with Crippen LogP contribution < -0.4 is 10.5 Å². The van der Waals surface area contributed by atoms with Crippen LogP contribution in [0.25, 0.3) is 27.7 Å². The number of imidazole rings is 1. The van der Waals surface area contributed by atoms with Gasteiger partial charge in [-0.05, 0) is 47.9 Å². The second kappa shape index (κ2) is 7.49. The van der Waals surface area contributed by atoms with Gasteiger partial charge in [0.1, 0.15) is 5.69 Å². The zero-order valence-corrected chi connectivity index (χ0v) is 17.0. The number of pyridine rings is 1. The number of H-pyrrole nitrogens is 1.